The molecule has 0 N–H and O–H groups in total. The molecule has 0 radical (unpaired) electrons. The molecule has 0 bridgehead atoms. The van der Waals surface area contributed by atoms with Crippen molar-refractivity contribution in [2.24, 2.45) is 0 Å². The first-order chi connectivity index (χ1) is 14.1. The predicted octanol–water partition coefficient (Wildman–Crippen LogP) is 4.58. The third kappa shape index (κ3) is 3.56. The molecular weight excluding hydrogens is 410 g/mol. The highest BCUT2D eigenvalue weighted by molar-refractivity contribution is 8.03. The van der Waals surface area contributed by atoms with Gasteiger partial charge in [0.1, 0.15) is 17.3 Å². The lowest BCUT2D eigenvalue weighted by atomic mass is 10.2. The van der Waals surface area contributed by atoms with E-state index in [1.54, 1.807) is 30.5 Å². The number of ether oxygens (including phenoxy) is 2. The van der Waals surface area contributed by atoms with Crippen LogP contribution in [0.25, 0.3) is 5.57 Å². The van der Waals surface area contributed by atoms with Crippen molar-refractivity contribution in [3.63, 3.8) is 0 Å². The average Bonchev–Trinajstić information content (AvgIpc) is 3.48. The highest BCUT2D eigenvalue weighted by Gasteiger charge is 2.42. The number of hydrogen-bond donors (Lipinski definition) is 0. The Balaban J connectivity index is 1.76. The van der Waals surface area contributed by atoms with Crippen LogP contribution in [0.1, 0.15) is 10.6 Å². The normalized spacial score (nSPS) is 14.1. The number of amides is 2. The third-order valence-corrected chi connectivity index (χ3v) is 6.36. The minimum absolute atomic E-state index is 0.351. The van der Waals surface area contributed by atoms with Gasteiger partial charge in [-0.3, -0.25) is 9.59 Å². The first-order valence-electron chi connectivity index (χ1n) is 8.68. The number of imide groups is 1. The molecule has 1 aliphatic rings. The van der Waals surface area contributed by atoms with Crippen molar-refractivity contribution in [3.05, 3.63) is 69.7 Å². The van der Waals surface area contributed by atoms with E-state index < -0.39 is 0 Å². The molecule has 0 atom stereocenters. The Morgan fingerprint density at radius 2 is 1.93 bits per heavy atom. The van der Waals surface area contributed by atoms with Gasteiger partial charge in [-0.05, 0) is 35.7 Å². The molecule has 2 aromatic heterocycles. The predicted molar refractivity (Wildman–Crippen MR) is 113 cm³/mol. The van der Waals surface area contributed by atoms with E-state index in [9.17, 15) is 9.59 Å². The Kier molecular flexibility index (Phi) is 5.46. The molecule has 0 unspecified atom stereocenters. The standard InChI is InChI=1S/C21H17NO5S2/c1-25-13-7-8-16(26-2)15(11-13)22-20(23)18(17-6-4-10-28-17)19(21(22)24)29-12-14-5-3-9-27-14/h3-11H,12H2,1-2H3. The van der Waals surface area contributed by atoms with Gasteiger partial charge in [-0.2, -0.15) is 0 Å². The molecule has 4 rings (SSSR count). The van der Waals surface area contributed by atoms with Gasteiger partial charge in [0.15, 0.2) is 0 Å². The van der Waals surface area contributed by atoms with E-state index in [2.05, 4.69) is 0 Å². The Morgan fingerprint density at radius 3 is 2.59 bits per heavy atom. The summed E-state index contributed by atoms with van der Waals surface area (Å²) in [5.41, 5.74) is 0.746. The molecule has 0 fully saturated rings. The van der Waals surface area contributed by atoms with E-state index in [4.69, 9.17) is 13.9 Å². The molecule has 2 amide bonds. The van der Waals surface area contributed by atoms with E-state index in [-0.39, 0.29) is 11.8 Å². The number of carbonyl (C=O) groups is 2. The maximum Gasteiger partial charge on any atom is 0.272 e. The van der Waals surface area contributed by atoms with Crippen molar-refractivity contribution in [3.8, 4) is 11.5 Å². The van der Waals surface area contributed by atoms with Crippen LogP contribution in [0.2, 0.25) is 0 Å². The molecule has 8 heteroatoms. The number of rotatable bonds is 7. The number of anilines is 1. The lowest BCUT2D eigenvalue weighted by molar-refractivity contribution is -0.119. The number of furan rings is 1. The average molecular weight is 428 g/mol. The summed E-state index contributed by atoms with van der Waals surface area (Å²) in [6.07, 6.45) is 1.58. The SMILES string of the molecule is COc1ccc(OC)c(N2C(=O)C(SCc3ccco3)=C(c3cccs3)C2=O)c1. The van der Waals surface area contributed by atoms with E-state index in [1.807, 2.05) is 23.6 Å². The van der Waals surface area contributed by atoms with Crippen LogP contribution >= 0.6 is 23.1 Å². The fourth-order valence-electron chi connectivity index (χ4n) is 3.01. The first-order valence-corrected chi connectivity index (χ1v) is 10.5. The van der Waals surface area contributed by atoms with Crippen LogP contribution in [-0.2, 0) is 15.3 Å². The molecule has 148 valence electrons. The molecule has 0 saturated heterocycles. The Morgan fingerprint density at radius 1 is 1.07 bits per heavy atom. The number of nitrogens with zero attached hydrogens (tertiary/aromatic N) is 1. The van der Waals surface area contributed by atoms with Crippen LogP contribution in [-0.4, -0.2) is 26.0 Å². The molecule has 0 saturated carbocycles. The molecule has 3 heterocycles. The summed E-state index contributed by atoms with van der Waals surface area (Å²) >= 11 is 2.71. The number of methoxy groups -OCH3 is 2. The van der Waals surface area contributed by atoms with Gasteiger partial charge in [0.25, 0.3) is 11.8 Å². The maximum atomic E-state index is 13.4. The summed E-state index contributed by atoms with van der Waals surface area (Å²) in [7, 11) is 3.02. The van der Waals surface area contributed by atoms with Gasteiger partial charge in [0, 0.05) is 10.9 Å². The first kappa shape index (κ1) is 19.4. The highest BCUT2D eigenvalue weighted by atomic mass is 32.2. The molecular formula is C21H17NO5S2. The molecule has 1 aliphatic heterocycles. The minimum Gasteiger partial charge on any atom is -0.497 e. The summed E-state index contributed by atoms with van der Waals surface area (Å²) in [5.74, 6) is 1.34. The number of thioether (sulfide) groups is 1. The summed E-state index contributed by atoms with van der Waals surface area (Å²) in [6.45, 7) is 0. The molecule has 1 aromatic carbocycles. The monoisotopic (exact) mass is 427 g/mol. The molecule has 6 nitrogen and oxygen atoms in total. The highest BCUT2D eigenvalue weighted by Crippen LogP contribution is 2.43. The van der Waals surface area contributed by atoms with Crippen molar-refractivity contribution in [2.75, 3.05) is 19.1 Å². The zero-order valence-corrected chi connectivity index (χ0v) is 17.3. The smallest absolute Gasteiger partial charge is 0.272 e. The second-order valence-electron chi connectivity index (χ2n) is 6.03. The van der Waals surface area contributed by atoms with Crippen LogP contribution in [0.5, 0.6) is 11.5 Å². The van der Waals surface area contributed by atoms with Gasteiger partial charge in [0.05, 0.1) is 42.4 Å². The van der Waals surface area contributed by atoms with E-state index in [0.717, 1.165) is 15.5 Å². The van der Waals surface area contributed by atoms with Crippen molar-refractivity contribution in [2.45, 2.75) is 5.75 Å². The molecule has 3 aromatic rings. The van der Waals surface area contributed by atoms with Crippen LogP contribution in [0.3, 0.4) is 0 Å². The van der Waals surface area contributed by atoms with Crippen LogP contribution in [0.15, 0.2) is 63.4 Å². The third-order valence-electron chi connectivity index (χ3n) is 4.37. The minimum atomic E-state index is -0.387. The Hall–Kier alpha value is -2.97. The molecule has 0 spiro atoms. The number of hydrogen-bond acceptors (Lipinski definition) is 7. The molecule has 0 aliphatic carbocycles. The largest absolute Gasteiger partial charge is 0.497 e. The van der Waals surface area contributed by atoms with Crippen molar-refractivity contribution in [1.82, 2.24) is 0 Å². The summed E-state index contributed by atoms with van der Waals surface area (Å²) in [5, 5.41) is 1.88. The van der Waals surface area contributed by atoms with E-state index >= 15 is 0 Å². The van der Waals surface area contributed by atoms with Gasteiger partial charge in [-0.15, -0.1) is 23.1 Å². The van der Waals surface area contributed by atoms with Gasteiger partial charge in [-0.1, -0.05) is 6.07 Å². The van der Waals surface area contributed by atoms with Crippen LogP contribution < -0.4 is 14.4 Å². The van der Waals surface area contributed by atoms with Gasteiger partial charge >= 0.3 is 0 Å². The number of carbonyl (C=O) groups excluding carboxylic acids is 2. The van der Waals surface area contributed by atoms with E-state index in [0.29, 0.717) is 33.4 Å². The zero-order chi connectivity index (χ0) is 20.4. The number of benzene rings is 1. The quantitative estimate of drug-likeness (QED) is 0.514. The van der Waals surface area contributed by atoms with Crippen molar-refractivity contribution >= 4 is 46.2 Å². The fraction of sp³-hybridized carbons (Fsp3) is 0.143. The van der Waals surface area contributed by atoms with Crippen molar-refractivity contribution < 1.29 is 23.5 Å². The maximum absolute atomic E-state index is 13.4. The van der Waals surface area contributed by atoms with Crippen LogP contribution in [0, 0.1) is 0 Å². The summed E-state index contributed by atoms with van der Waals surface area (Å²) < 4.78 is 16.0. The molecule has 29 heavy (non-hydrogen) atoms. The lowest BCUT2D eigenvalue weighted by Crippen LogP contribution is -2.31. The Labute approximate surface area is 175 Å². The zero-order valence-electron chi connectivity index (χ0n) is 15.7. The second kappa shape index (κ2) is 8.18. The van der Waals surface area contributed by atoms with E-state index in [1.165, 1.54) is 37.3 Å². The van der Waals surface area contributed by atoms with Gasteiger partial charge in [-0.25, -0.2) is 4.90 Å². The van der Waals surface area contributed by atoms with Crippen molar-refractivity contribution in [1.29, 1.82) is 0 Å². The Bertz CT molecular complexity index is 1070. The van der Waals surface area contributed by atoms with Gasteiger partial charge < -0.3 is 13.9 Å². The number of thiophene rings is 1. The summed E-state index contributed by atoms with van der Waals surface area (Å²) in [6, 6.07) is 12.3. The summed E-state index contributed by atoms with van der Waals surface area (Å²) in [4.78, 5) is 29.0. The van der Waals surface area contributed by atoms with Gasteiger partial charge in [0.2, 0.25) is 0 Å². The fourth-order valence-corrected chi connectivity index (χ4v) is 4.85. The lowest BCUT2D eigenvalue weighted by Gasteiger charge is -2.19. The van der Waals surface area contributed by atoms with Crippen LogP contribution in [0.4, 0.5) is 5.69 Å². The second-order valence-corrected chi connectivity index (χ2v) is 7.97. The topological polar surface area (TPSA) is 69.0 Å².